The van der Waals surface area contributed by atoms with Gasteiger partial charge in [-0.1, -0.05) is 19.3 Å². The summed E-state index contributed by atoms with van der Waals surface area (Å²) in [6.07, 6.45) is 8.29. The molecule has 0 aromatic rings. The molecule has 0 spiro atoms. The van der Waals surface area contributed by atoms with Crippen LogP contribution in [-0.4, -0.2) is 55.1 Å². The van der Waals surface area contributed by atoms with Crippen LogP contribution in [0.15, 0.2) is 0 Å². The second-order valence-corrected chi connectivity index (χ2v) is 6.99. The van der Waals surface area contributed by atoms with E-state index in [0.29, 0.717) is 11.5 Å². The van der Waals surface area contributed by atoms with Crippen molar-refractivity contribution >= 4 is 0 Å². The van der Waals surface area contributed by atoms with E-state index in [1.54, 1.807) is 0 Å². The van der Waals surface area contributed by atoms with Gasteiger partial charge < -0.3 is 10.6 Å². The van der Waals surface area contributed by atoms with Crippen molar-refractivity contribution in [2.45, 2.75) is 58.4 Å². The SMILES string of the molecule is CC(C)N1CCN(CCC2(CN)CCCCC2)CC1. The summed E-state index contributed by atoms with van der Waals surface area (Å²) in [6.45, 7) is 11.8. The van der Waals surface area contributed by atoms with Gasteiger partial charge in [-0.15, -0.1) is 0 Å². The Hall–Kier alpha value is -0.120. The van der Waals surface area contributed by atoms with Crippen molar-refractivity contribution in [2.24, 2.45) is 11.1 Å². The maximum atomic E-state index is 6.09. The highest BCUT2D eigenvalue weighted by Gasteiger charge is 2.31. The summed E-state index contributed by atoms with van der Waals surface area (Å²) in [5.41, 5.74) is 6.57. The zero-order valence-electron chi connectivity index (χ0n) is 13.0. The molecule has 2 rings (SSSR count). The van der Waals surface area contributed by atoms with Gasteiger partial charge in [-0.05, 0) is 51.6 Å². The van der Waals surface area contributed by atoms with Crippen LogP contribution < -0.4 is 5.73 Å². The van der Waals surface area contributed by atoms with E-state index in [-0.39, 0.29) is 0 Å². The number of piperazine rings is 1. The molecule has 0 bridgehead atoms. The molecular weight excluding hydrogens is 234 g/mol. The maximum absolute atomic E-state index is 6.09. The molecule has 1 aliphatic heterocycles. The molecule has 3 heteroatoms. The molecule has 19 heavy (non-hydrogen) atoms. The van der Waals surface area contributed by atoms with E-state index in [1.165, 1.54) is 71.2 Å². The third kappa shape index (κ3) is 4.17. The van der Waals surface area contributed by atoms with Crippen LogP contribution in [0.3, 0.4) is 0 Å². The van der Waals surface area contributed by atoms with E-state index in [4.69, 9.17) is 5.73 Å². The molecule has 0 atom stereocenters. The average Bonchev–Trinajstić information content (AvgIpc) is 2.46. The van der Waals surface area contributed by atoms with Gasteiger partial charge in [0.2, 0.25) is 0 Å². The van der Waals surface area contributed by atoms with E-state index < -0.39 is 0 Å². The highest BCUT2D eigenvalue weighted by Crippen LogP contribution is 2.38. The van der Waals surface area contributed by atoms with Gasteiger partial charge in [0.1, 0.15) is 0 Å². The highest BCUT2D eigenvalue weighted by molar-refractivity contribution is 4.85. The minimum absolute atomic E-state index is 0.480. The molecule has 2 fully saturated rings. The lowest BCUT2D eigenvalue weighted by atomic mass is 9.72. The Bertz CT molecular complexity index is 251. The Morgan fingerprint density at radius 1 is 1.00 bits per heavy atom. The third-order valence-electron chi connectivity index (χ3n) is 5.44. The standard InChI is InChI=1S/C16H33N3/c1-15(2)19-12-10-18(11-13-19)9-8-16(14-17)6-4-3-5-7-16/h15H,3-14,17H2,1-2H3. The molecule has 1 saturated carbocycles. The molecule has 0 unspecified atom stereocenters. The topological polar surface area (TPSA) is 32.5 Å². The van der Waals surface area contributed by atoms with Crippen LogP contribution in [0.4, 0.5) is 0 Å². The zero-order chi connectivity index (χ0) is 13.7. The normalized spacial score (nSPS) is 25.9. The van der Waals surface area contributed by atoms with Gasteiger partial charge in [-0.25, -0.2) is 0 Å². The lowest BCUT2D eigenvalue weighted by Crippen LogP contribution is -2.49. The van der Waals surface area contributed by atoms with Gasteiger partial charge in [0, 0.05) is 32.2 Å². The number of nitrogens with two attached hydrogens (primary N) is 1. The van der Waals surface area contributed by atoms with Gasteiger partial charge in [-0.3, -0.25) is 4.90 Å². The van der Waals surface area contributed by atoms with Crippen LogP contribution >= 0.6 is 0 Å². The minimum Gasteiger partial charge on any atom is -0.330 e. The van der Waals surface area contributed by atoms with Crippen LogP contribution in [0.1, 0.15) is 52.4 Å². The van der Waals surface area contributed by atoms with E-state index in [9.17, 15) is 0 Å². The van der Waals surface area contributed by atoms with E-state index in [0.717, 1.165) is 6.54 Å². The first-order chi connectivity index (χ1) is 9.15. The molecule has 0 aromatic carbocycles. The number of hydrogen-bond acceptors (Lipinski definition) is 3. The third-order valence-corrected chi connectivity index (χ3v) is 5.44. The fourth-order valence-corrected chi connectivity index (χ4v) is 3.76. The molecule has 0 radical (unpaired) electrons. The maximum Gasteiger partial charge on any atom is 0.0113 e. The molecule has 0 amide bonds. The number of hydrogen-bond donors (Lipinski definition) is 1. The van der Waals surface area contributed by atoms with Crippen molar-refractivity contribution in [1.29, 1.82) is 0 Å². The van der Waals surface area contributed by atoms with E-state index in [1.807, 2.05) is 0 Å². The Labute approximate surface area is 119 Å². The first kappa shape index (κ1) is 15.3. The van der Waals surface area contributed by atoms with Gasteiger partial charge in [0.25, 0.3) is 0 Å². The second-order valence-electron chi connectivity index (χ2n) is 6.99. The predicted molar refractivity (Wildman–Crippen MR) is 82.3 cm³/mol. The van der Waals surface area contributed by atoms with Gasteiger partial charge >= 0.3 is 0 Å². The Kier molecular flexibility index (Phi) is 5.67. The quantitative estimate of drug-likeness (QED) is 0.830. The molecule has 3 nitrogen and oxygen atoms in total. The van der Waals surface area contributed by atoms with Crippen molar-refractivity contribution in [3.63, 3.8) is 0 Å². The summed E-state index contributed by atoms with van der Waals surface area (Å²) < 4.78 is 0. The van der Waals surface area contributed by atoms with Crippen molar-refractivity contribution in [1.82, 2.24) is 9.80 Å². The van der Waals surface area contributed by atoms with Crippen LogP contribution in [0.25, 0.3) is 0 Å². The smallest absolute Gasteiger partial charge is 0.0113 e. The fraction of sp³-hybridized carbons (Fsp3) is 1.00. The highest BCUT2D eigenvalue weighted by atomic mass is 15.3. The summed E-state index contributed by atoms with van der Waals surface area (Å²) in [7, 11) is 0. The van der Waals surface area contributed by atoms with E-state index in [2.05, 4.69) is 23.6 Å². The first-order valence-electron chi connectivity index (χ1n) is 8.32. The molecule has 0 aromatic heterocycles. The summed E-state index contributed by atoms with van der Waals surface area (Å²) in [5.74, 6) is 0. The predicted octanol–water partition coefficient (Wildman–Crippen LogP) is 2.31. The number of nitrogens with zero attached hydrogens (tertiary/aromatic N) is 2. The first-order valence-corrected chi connectivity index (χ1v) is 8.32. The molecule has 2 N–H and O–H groups in total. The van der Waals surface area contributed by atoms with Gasteiger partial charge in [-0.2, -0.15) is 0 Å². The minimum atomic E-state index is 0.480. The molecule has 1 aliphatic carbocycles. The molecule has 1 heterocycles. The largest absolute Gasteiger partial charge is 0.330 e. The Balaban J connectivity index is 1.73. The molecule has 1 saturated heterocycles. The second kappa shape index (κ2) is 7.05. The summed E-state index contributed by atoms with van der Waals surface area (Å²) in [5, 5.41) is 0. The van der Waals surface area contributed by atoms with Gasteiger partial charge in [0.15, 0.2) is 0 Å². The number of rotatable bonds is 5. The average molecular weight is 267 g/mol. The Morgan fingerprint density at radius 2 is 1.63 bits per heavy atom. The van der Waals surface area contributed by atoms with Crippen LogP contribution in [0.5, 0.6) is 0 Å². The van der Waals surface area contributed by atoms with Crippen LogP contribution in [0.2, 0.25) is 0 Å². The van der Waals surface area contributed by atoms with Gasteiger partial charge in [0.05, 0.1) is 0 Å². The summed E-state index contributed by atoms with van der Waals surface area (Å²) in [4.78, 5) is 5.25. The lowest BCUT2D eigenvalue weighted by Gasteiger charge is -2.41. The van der Waals surface area contributed by atoms with Crippen LogP contribution in [0, 0.1) is 5.41 Å². The molecule has 112 valence electrons. The monoisotopic (exact) mass is 267 g/mol. The zero-order valence-corrected chi connectivity index (χ0v) is 13.0. The van der Waals surface area contributed by atoms with Crippen LogP contribution in [-0.2, 0) is 0 Å². The molecule has 2 aliphatic rings. The summed E-state index contributed by atoms with van der Waals surface area (Å²) >= 11 is 0. The Morgan fingerprint density at radius 3 is 2.16 bits per heavy atom. The van der Waals surface area contributed by atoms with Crippen molar-refractivity contribution in [3.8, 4) is 0 Å². The van der Waals surface area contributed by atoms with Crippen molar-refractivity contribution in [3.05, 3.63) is 0 Å². The molecular formula is C16H33N3. The van der Waals surface area contributed by atoms with Crippen molar-refractivity contribution < 1.29 is 0 Å². The van der Waals surface area contributed by atoms with Crippen molar-refractivity contribution in [2.75, 3.05) is 39.3 Å². The fourth-order valence-electron chi connectivity index (χ4n) is 3.76. The summed E-state index contributed by atoms with van der Waals surface area (Å²) in [6, 6.07) is 0.705. The lowest BCUT2D eigenvalue weighted by molar-refractivity contribution is 0.0862. The van der Waals surface area contributed by atoms with E-state index >= 15 is 0 Å².